The van der Waals surface area contributed by atoms with Crippen LogP contribution in [-0.2, 0) is 17.4 Å². The first kappa shape index (κ1) is 19.3. The van der Waals surface area contributed by atoms with E-state index in [9.17, 15) is 22.8 Å². The zero-order valence-corrected chi connectivity index (χ0v) is 14.5. The van der Waals surface area contributed by atoms with Gasteiger partial charge in [-0.25, -0.2) is 4.98 Å². The Bertz CT molecular complexity index is 1030. The number of nitrogens with zero attached hydrogens (tertiary/aromatic N) is 1. The molecule has 5 nitrogen and oxygen atoms in total. The summed E-state index contributed by atoms with van der Waals surface area (Å²) in [7, 11) is 0. The molecule has 0 radical (unpaired) electrons. The highest BCUT2D eigenvalue weighted by Gasteiger charge is 2.31. The van der Waals surface area contributed by atoms with Crippen molar-refractivity contribution in [2.75, 3.05) is 0 Å². The van der Waals surface area contributed by atoms with Gasteiger partial charge in [-0.2, -0.15) is 13.2 Å². The van der Waals surface area contributed by atoms with Crippen LogP contribution in [0.2, 0.25) is 0 Å². The molecule has 3 N–H and O–H groups in total. The van der Waals surface area contributed by atoms with Gasteiger partial charge in [0.1, 0.15) is 11.7 Å². The van der Waals surface area contributed by atoms with Crippen LogP contribution in [0, 0.1) is 0 Å². The van der Waals surface area contributed by atoms with Gasteiger partial charge >= 0.3 is 6.18 Å². The third kappa shape index (κ3) is 4.46. The van der Waals surface area contributed by atoms with Crippen molar-refractivity contribution in [3.05, 3.63) is 77.5 Å². The molecule has 0 fully saturated rings. The Balaban J connectivity index is 1.79. The molecule has 3 aromatic rings. The Morgan fingerprint density at radius 3 is 2.50 bits per heavy atom. The van der Waals surface area contributed by atoms with Gasteiger partial charge in [0.25, 0.3) is 5.91 Å². The summed E-state index contributed by atoms with van der Waals surface area (Å²) in [4.78, 5) is 28.4. The van der Waals surface area contributed by atoms with Crippen LogP contribution in [-0.4, -0.2) is 22.8 Å². The van der Waals surface area contributed by atoms with Gasteiger partial charge in [0.05, 0.1) is 11.1 Å². The number of pyridine rings is 1. The average molecular weight is 387 g/mol. The monoisotopic (exact) mass is 387 g/mol. The number of carbonyl (C=O) groups is 2. The zero-order valence-electron chi connectivity index (χ0n) is 14.5. The van der Waals surface area contributed by atoms with Crippen molar-refractivity contribution in [3.63, 3.8) is 0 Å². The summed E-state index contributed by atoms with van der Waals surface area (Å²) in [5, 5.41) is 3.29. The summed E-state index contributed by atoms with van der Waals surface area (Å²) in [5.74, 6) is -1.49. The number of para-hydroxylation sites is 1. The number of alkyl halides is 3. The highest BCUT2D eigenvalue weighted by molar-refractivity contribution is 5.97. The molecule has 0 aliphatic rings. The van der Waals surface area contributed by atoms with E-state index < -0.39 is 29.6 Å². The van der Waals surface area contributed by atoms with Gasteiger partial charge in [-0.05, 0) is 23.8 Å². The number of rotatable bonds is 5. The number of fused-ring (bicyclic) bond motifs is 1. The minimum absolute atomic E-state index is 0.0778. The molecular formula is C20H16F3N3O2. The Morgan fingerprint density at radius 1 is 1.04 bits per heavy atom. The number of aromatic nitrogens is 1. The van der Waals surface area contributed by atoms with Gasteiger partial charge in [0, 0.05) is 11.8 Å². The lowest BCUT2D eigenvalue weighted by atomic mass is 10.0. The highest BCUT2D eigenvalue weighted by Crippen LogP contribution is 2.29. The van der Waals surface area contributed by atoms with E-state index in [1.54, 1.807) is 18.2 Å². The van der Waals surface area contributed by atoms with Crippen molar-refractivity contribution < 1.29 is 22.8 Å². The summed E-state index contributed by atoms with van der Waals surface area (Å²) in [6, 6.07) is 13.8. The molecule has 0 aliphatic heterocycles. The number of hydrogen-bond acceptors (Lipinski definition) is 3. The van der Waals surface area contributed by atoms with E-state index in [0.29, 0.717) is 5.52 Å². The molecule has 28 heavy (non-hydrogen) atoms. The van der Waals surface area contributed by atoms with Crippen LogP contribution in [0.4, 0.5) is 13.2 Å². The highest BCUT2D eigenvalue weighted by atomic mass is 19.4. The van der Waals surface area contributed by atoms with E-state index >= 15 is 0 Å². The van der Waals surface area contributed by atoms with E-state index in [1.807, 2.05) is 12.1 Å². The van der Waals surface area contributed by atoms with Crippen LogP contribution < -0.4 is 11.1 Å². The summed E-state index contributed by atoms with van der Waals surface area (Å²) in [6.45, 7) is 0. The maximum Gasteiger partial charge on any atom is 0.416 e. The Morgan fingerprint density at radius 2 is 1.79 bits per heavy atom. The molecule has 0 bridgehead atoms. The van der Waals surface area contributed by atoms with Crippen LogP contribution in [0.5, 0.6) is 0 Å². The molecule has 0 spiro atoms. The number of halogens is 3. The number of primary amides is 1. The van der Waals surface area contributed by atoms with Crippen molar-refractivity contribution in [2.24, 2.45) is 5.73 Å². The average Bonchev–Trinajstić information content (AvgIpc) is 2.66. The van der Waals surface area contributed by atoms with E-state index in [-0.39, 0.29) is 17.7 Å². The first-order valence-corrected chi connectivity index (χ1v) is 8.36. The molecule has 144 valence electrons. The lowest BCUT2D eigenvalue weighted by Crippen LogP contribution is -2.46. The van der Waals surface area contributed by atoms with E-state index in [4.69, 9.17) is 5.73 Å². The topological polar surface area (TPSA) is 85.1 Å². The first-order valence-electron chi connectivity index (χ1n) is 8.36. The maximum absolute atomic E-state index is 12.9. The van der Waals surface area contributed by atoms with Crippen LogP contribution in [0.3, 0.4) is 0 Å². The van der Waals surface area contributed by atoms with Crippen molar-refractivity contribution in [3.8, 4) is 0 Å². The summed E-state index contributed by atoms with van der Waals surface area (Å²) >= 11 is 0. The van der Waals surface area contributed by atoms with E-state index in [0.717, 1.165) is 17.5 Å². The molecule has 2 amide bonds. The van der Waals surface area contributed by atoms with Gasteiger partial charge in [-0.1, -0.05) is 42.5 Å². The lowest BCUT2D eigenvalue weighted by molar-refractivity contribution is -0.137. The molecule has 0 saturated carbocycles. The van der Waals surface area contributed by atoms with Crippen molar-refractivity contribution in [1.82, 2.24) is 10.3 Å². The number of nitrogens with two attached hydrogens (primary N) is 1. The van der Waals surface area contributed by atoms with E-state index in [1.165, 1.54) is 18.2 Å². The minimum atomic E-state index is -4.50. The van der Waals surface area contributed by atoms with Gasteiger partial charge in [0.15, 0.2) is 0 Å². The molecule has 1 aromatic heterocycles. The van der Waals surface area contributed by atoms with Gasteiger partial charge in [0.2, 0.25) is 5.91 Å². The van der Waals surface area contributed by atoms with Crippen LogP contribution >= 0.6 is 0 Å². The predicted octanol–water partition coefficient (Wildman–Crippen LogP) is 3.08. The molecule has 8 heteroatoms. The van der Waals surface area contributed by atoms with Gasteiger partial charge in [-0.15, -0.1) is 0 Å². The molecule has 0 aliphatic carbocycles. The second kappa shape index (κ2) is 7.67. The second-order valence-electron chi connectivity index (χ2n) is 6.22. The Labute approximate surface area is 158 Å². The summed E-state index contributed by atoms with van der Waals surface area (Å²) in [5.41, 5.74) is 5.40. The van der Waals surface area contributed by atoms with Crippen molar-refractivity contribution in [2.45, 2.75) is 18.6 Å². The molecule has 1 heterocycles. The Hall–Kier alpha value is -3.42. The first-order chi connectivity index (χ1) is 13.2. The largest absolute Gasteiger partial charge is 0.416 e. The molecule has 1 atom stereocenters. The fraction of sp³-hybridized carbons (Fsp3) is 0.150. The van der Waals surface area contributed by atoms with Crippen molar-refractivity contribution >= 4 is 22.7 Å². The van der Waals surface area contributed by atoms with E-state index in [2.05, 4.69) is 10.3 Å². The quantitative estimate of drug-likeness (QED) is 0.706. The fourth-order valence-corrected chi connectivity index (χ4v) is 2.76. The minimum Gasteiger partial charge on any atom is -0.368 e. The molecular weight excluding hydrogens is 371 g/mol. The summed E-state index contributed by atoms with van der Waals surface area (Å²) in [6.07, 6.45) is -4.67. The number of amides is 2. The normalized spacial score (nSPS) is 12.5. The van der Waals surface area contributed by atoms with Crippen molar-refractivity contribution in [1.29, 1.82) is 0 Å². The lowest BCUT2D eigenvalue weighted by Gasteiger charge is -2.16. The van der Waals surface area contributed by atoms with Gasteiger partial charge < -0.3 is 11.1 Å². The molecule has 0 saturated heterocycles. The number of carbonyl (C=O) groups excluding carboxylic acids is 2. The standard InChI is InChI=1S/C20H16F3N3O2/c21-20(22,23)14-6-3-4-12(10-14)11-17(18(24)27)26-19(28)16-9-8-13-5-1-2-7-15(13)25-16/h1-10,17H,11H2,(H2,24,27)(H,26,28)/t17-/m1/s1. The number of benzene rings is 2. The second-order valence-corrected chi connectivity index (χ2v) is 6.22. The van der Waals surface area contributed by atoms with Crippen LogP contribution in [0.1, 0.15) is 21.6 Å². The smallest absolute Gasteiger partial charge is 0.368 e. The predicted molar refractivity (Wildman–Crippen MR) is 97.3 cm³/mol. The molecule has 3 rings (SSSR count). The van der Waals surface area contributed by atoms with Crippen LogP contribution in [0.15, 0.2) is 60.7 Å². The number of nitrogens with one attached hydrogen (secondary N) is 1. The molecule has 2 aromatic carbocycles. The Kier molecular flexibility index (Phi) is 5.30. The van der Waals surface area contributed by atoms with Crippen LogP contribution in [0.25, 0.3) is 10.9 Å². The summed E-state index contributed by atoms with van der Waals surface area (Å²) < 4.78 is 38.6. The molecule has 0 unspecified atom stereocenters. The SMILES string of the molecule is NC(=O)[C@@H](Cc1cccc(C(F)(F)F)c1)NC(=O)c1ccc2ccccc2n1. The van der Waals surface area contributed by atoms with Gasteiger partial charge in [-0.3, -0.25) is 9.59 Å². The fourth-order valence-electron chi connectivity index (χ4n) is 2.76. The third-order valence-corrected chi connectivity index (χ3v) is 4.17. The number of hydrogen-bond donors (Lipinski definition) is 2. The maximum atomic E-state index is 12.9. The zero-order chi connectivity index (χ0) is 20.3. The third-order valence-electron chi connectivity index (χ3n) is 4.17.